The van der Waals surface area contributed by atoms with Gasteiger partial charge in [-0.2, -0.15) is 0 Å². The fraction of sp³-hybridized carbons (Fsp3) is 0.429. The van der Waals surface area contributed by atoms with Crippen molar-refractivity contribution in [3.63, 3.8) is 0 Å². The minimum absolute atomic E-state index is 0.114. The molecule has 1 aromatic rings. The van der Waals surface area contributed by atoms with Gasteiger partial charge in [0.15, 0.2) is 0 Å². The van der Waals surface area contributed by atoms with Crippen LogP contribution in [-0.4, -0.2) is 35.0 Å². The van der Waals surface area contributed by atoms with E-state index in [4.69, 9.17) is 5.73 Å². The standard InChI is InChI=1S/C14H17BrN2O3/c1-14(13(19)20)4-6-17(7-5-14)12(18)10-8-9(16)2-3-11(10)15/h2-3,8H,4-7,16H2,1H3,(H,19,20). The monoisotopic (exact) mass is 340 g/mol. The number of carboxylic acid groups (broad SMARTS) is 1. The Morgan fingerprint density at radius 1 is 1.35 bits per heavy atom. The highest BCUT2D eigenvalue weighted by molar-refractivity contribution is 9.10. The maximum Gasteiger partial charge on any atom is 0.309 e. The predicted molar refractivity (Wildman–Crippen MR) is 79.4 cm³/mol. The normalized spacial score (nSPS) is 17.8. The average Bonchev–Trinajstić information content (AvgIpc) is 2.41. The average molecular weight is 341 g/mol. The second-order valence-corrected chi connectivity index (χ2v) is 6.25. The van der Waals surface area contributed by atoms with Crippen LogP contribution in [0.15, 0.2) is 22.7 Å². The first kappa shape index (κ1) is 14.8. The van der Waals surface area contributed by atoms with Crippen LogP contribution in [0.2, 0.25) is 0 Å². The molecule has 1 fully saturated rings. The van der Waals surface area contributed by atoms with Gasteiger partial charge in [0, 0.05) is 23.2 Å². The van der Waals surface area contributed by atoms with Gasteiger partial charge in [-0.15, -0.1) is 0 Å². The molecule has 0 atom stereocenters. The largest absolute Gasteiger partial charge is 0.481 e. The second-order valence-electron chi connectivity index (χ2n) is 5.40. The molecule has 3 N–H and O–H groups in total. The Morgan fingerprint density at radius 3 is 2.50 bits per heavy atom. The van der Waals surface area contributed by atoms with Crippen molar-refractivity contribution < 1.29 is 14.7 Å². The Hall–Kier alpha value is -1.56. The minimum Gasteiger partial charge on any atom is -0.481 e. The zero-order valence-corrected chi connectivity index (χ0v) is 12.8. The number of benzene rings is 1. The molecule has 0 bridgehead atoms. The van der Waals surface area contributed by atoms with E-state index in [9.17, 15) is 14.7 Å². The number of piperidine rings is 1. The predicted octanol–water partition coefficient (Wildman–Crippen LogP) is 2.36. The van der Waals surface area contributed by atoms with Gasteiger partial charge in [-0.25, -0.2) is 0 Å². The summed E-state index contributed by atoms with van der Waals surface area (Å²) in [6, 6.07) is 5.10. The van der Waals surface area contributed by atoms with E-state index >= 15 is 0 Å². The first-order valence-corrected chi connectivity index (χ1v) is 7.20. The molecule has 0 radical (unpaired) electrons. The SMILES string of the molecule is CC1(C(=O)O)CCN(C(=O)c2cc(N)ccc2Br)CC1. The van der Waals surface area contributed by atoms with Crippen LogP contribution in [0, 0.1) is 5.41 Å². The summed E-state index contributed by atoms with van der Waals surface area (Å²) in [6.45, 7) is 2.62. The number of hydrogen-bond acceptors (Lipinski definition) is 3. The van der Waals surface area contributed by atoms with Crippen LogP contribution in [0.25, 0.3) is 0 Å². The third-order valence-corrected chi connectivity index (χ3v) is 4.58. The minimum atomic E-state index is -0.797. The number of anilines is 1. The molecule has 5 nitrogen and oxygen atoms in total. The van der Waals surface area contributed by atoms with Gasteiger partial charge in [0.05, 0.1) is 11.0 Å². The molecule has 1 amide bonds. The lowest BCUT2D eigenvalue weighted by Gasteiger charge is -2.36. The Labute approximate surface area is 125 Å². The molecule has 108 valence electrons. The fourth-order valence-electron chi connectivity index (χ4n) is 2.29. The number of carbonyl (C=O) groups excluding carboxylic acids is 1. The van der Waals surface area contributed by atoms with E-state index in [2.05, 4.69) is 15.9 Å². The number of halogens is 1. The van der Waals surface area contributed by atoms with Crippen LogP contribution in [-0.2, 0) is 4.79 Å². The number of likely N-dealkylation sites (tertiary alicyclic amines) is 1. The highest BCUT2D eigenvalue weighted by atomic mass is 79.9. The molecule has 0 unspecified atom stereocenters. The second kappa shape index (κ2) is 5.44. The molecule has 0 aliphatic carbocycles. The molecular formula is C14H17BrN2O3. The Bertz CT molecular complexity index is 551. The molecule has 1 aromatic carbocycles. The van der Waals surface area contributed by atoms with Crippen molar-refractivity contribution >= 4 is 33.5 Å². The Kier molecular flexibility index (Phi) is 4.04. The molecule has 1 aliphatic heterocycles. The van der Waals surface area contributed by atoms with Crippen LogP contribution in [0.5, 0.6) is 0 Å². The number of amides is 1. The molecule has 20 heavy (non-hydrogen) atoms. The van der Waals surface area contributed by atoms with Crippen molar-refractivity contribution in [1.29, 1.82) is 0 Å². The fourth-order valence-corrected chi connectivity index (χ4v) is 2.71. The topological polar surface area (TPSA) is 83.6 Å². The number of carbonyl (C=O) groups is 2. The van der Waals surface area contributed by atoms with Gasteiger partial charge in [-0.3, -0.25) is 9.59 Å². The van der Waals surface area contributed by atoms with E-state index < -0.39 is 11.4 Å². The van der Waals surface area contributed by atoms with Crippen LogP contribution in [0.3, 0.4) is 0 Å². The first-order valence-electron chi connectivity index (χ1n) is 6.41. The van der Waals surface area contributed by atoms with Crippen molar-refractivity contribution in [2.75, 3.05) is 18.8 Å². The number of carboxylic acids is 1. The maximum absolute atomic E-state index is 12.4. The third-order valence-electron chi connectivity index (χ3n) is 3.89. The lowest BCUT2D eigenvalue weighted by molar-refractivity contribution is -0.150. The van der Waals surface area contributed by atoms with Crippen LogP contribution >= 0.6 is 15.9 Å². The molecule has 0 aromatic heterocycles. The van der Waals surface area contributed by atoms with Gasteiger partial charge in [0.2, 0.25) is 0 Å². The molecule has 0 spiro atoms. The highest BCUT2D eigenvalue weighted by Crippen LogP contribution is 2.32. The molecular weight excluding hydrogens is 324 g/mol. The summed E-state index contributed by atoms with van der Waals surface area (Å²) < 4.78 is 0.697. The molecule has 2 rings (SSSR count). The molecule has 1 aliphatic rings. The van der Waals surface area contributed by atoms with Crippen LogP contribution in [0.4, 0.5) is 5.69 Å². The van der Waals surface area contributed by atoms with Gasteiger partial charge >= 0.3 is 5.97 Å². The highest BCUT2D eigenvalue weighted by Gasteiger charge is 2.38. The van der Waals surface area contributed by atoms with Gasteiger partial charge in [-0.05, 0) is 53.9 Å². The number of nitrogens with two attached hydrogens (primary N) is 1. The Morgan fingerprint density at radius 2 is 1.95 bits per heavy atom. The summed E-state index contributed by atoms with van der Waals surface area (Å²) in [5.41, 5.74) is 6.02. The van der Waals surface area contributed by atoms with E-state index in [0.29, 0.717) is 41.7 Å². The van der Waals surface area contributed by atoms with E-state index in [1.54, 1.807) is 30.0 Å². The van der Waals surface area contributed by atoms with Crippen molar-refractivity contribution in [3.8, 4) is 0 Å². The number of nitrogens with zero attached hydrogens (tertiary/aromatic N) is 1. The third kappa shape index (κ3) is 2.80. The Balaban J connectivity index is 2.13. The molecule has 0 saturated carbocycles. The quantitative estimate of drug-likeness (QED) is 0.809. The van der Waals surface area contributed by atoms with Crippen LogP contribution in [0.1, 0.15) is 30.1 Å². The molecule has 1 saturated heterocycles. The molecule has 6 heteroatoms. The van der Waals surface area contributed by atoms with Crippen molar-refractivity contribution in [1.82, 2.24) is 4.90 Å². The van der Waals surface area contributed by atoms with Crippen molar-refractivity contribution in [3.05, 3.63) is 28.2 Å². The number of nitrogen functional groups attached to an aromatic ring is 1. The number of hydrogen-bond donors (Lipinski definition) is 2. The maximum atomic E-state index is 12.4. The summed E-state index contributed by atoms with van der Waals surface area (Å²) in [4.78, 5) is 25.3. The van der Waals surface area contributed by atoms with Gasteiger partial charge < -0.3 is 15.7 Å². The zero-order valence-electron chi connectivity index (χ0n) is 11.2. The van der Waals surface area contributed by atoms with E-state index in [0.717, 1.165) is 0 Å². The smallest absolute Gasteiger partial charge is 0.309 e. The van der Waals surface area contributed by atoms with E-state index in [1.165, 1.54) is 0 Å². The molecule has 1 heterocycles. The summed E-state index contributed by atoms with van der Waals surface area (Å²) in [5, 5.41) is 9.19. The van der Waals surface area contributed by atoms with E-state index in [1.807, 2.05) is 0 Å². The number of rotatable bonds is 2. The lowest BCUT2D eigenvalue weighted by atomic mass is 9.80. The van der Waals surface area contributed by atoms with Crippen LogP contribution < -0.4 is 5.73 Å². The van der Waals surface area contributed by atoms with Gasteiger partial charge in [0.25, 0.3) is 5.91 Å². The lowest BCUT2D eigenvalue weighted by Crippen LogP contribution is -2.45. The zero-order chi connectivity index (χ0) is 14.9. The van der Waals surface area contributed by atoms with E-state index in [-0.39, 0.29) is 5.91 Å². The summed E-state index contributed by atoms with van der Waals surface area (Å²) in [5.74, 6) is -0.911. The number of aliphatic carboxylic acids is 1. The van der Waals surface area contributed by atoms with Crippen molar-refractivity contribution in [2.24, 2.45) is 5.41 Å². The van der Waals surface area contributed by atoms with Gasteiger partial charge in [0.1, 0.15) is 0 Å². The first-order chi connectivity index (χ1) is 9.33. The summed E-state index contributed by atoms with van der Waals surface area (Å²) >= 11 is 3.35. The summed E-state index contributed by atoms with van der Waals surface area (Å²) in [6.07, 6.45) is 0.933. The van der Waals surface area contributed by atoms with Crippen molar-refractivity contribution in [2.45, 2.75) is 19.8 Å². The summed E-state index contributed by atoms with van der Waals surface area (Å²) in [7, 11) is 0. The van der Waals surface area contributed by atoms with Gasteiger partial charge in [-0.1, -0.05) is 0 Å².